The zero-order valence-corrected chi connectivity index (χ0v) is 14.9. The Morgan fingerprint density at radius 3 is 2.32 bits per heavy atom. The van der Waals surface area contributed by atoms with Crippen LogP contribution in [0.3, 0.4) is 0 Å². The monoisotopic (exact) mass is 389 g/mol. The highest BCUT2D eigenvalue weighted by Crippen LogP contribution is 2.10. The minimum Gasteiger partial charge on any atom is -0.338 e. The highest BCUT2D eigenvalue weighted by atomic mass is 79.9. The maximum Gasteiger partial charge on any atom is 0.317 e. The Bertz CT molecular complexity index is 611. The van der Waals surface area contributed by atoms with Gasteiger partial charge >= 0.3 is 6.03 Å². The lowest BCUT2D eigenvalue weighted by molar-refractivity contribution is 0.172. The lowest BCUT2D eigenvalue weighted by atomic mass is 10.1. The first-order valence-corrected chi connectivity index (χ1v) is 9.73. The van der Waals surface area contributed by atoms with Crippen LogP contribution in [0, 0.1) is 0 Å². The Labute approximate surface area is 139 Å². The topological polar surface area (TPSA) is 69.7 Å². The number of hydrogen-bond donors (Lipinski definition) is 1. The SMILES string of the molecule is CS(=O)(=O)N1CCN(C(=O)NCCc2ccc(Br)cc2)CC1. The zero-order valence-electron chi connectivity index (χ0n) is 12.5. The van der Waals surface area contributed by atoms with Crippen LogP contribution in [0.25, 0.3) is 0 Å². The van der Waals surface area contributed by atoms with E-state index in [2.05, 4.69) is 21.2 Å². The largest absolute Gasteiger partial charge is 0.338 e. The third-order valence-electron chi connectivity index (χ3n) is 3.60. The number of benzene rings is 1. The molecule has 0 spiro atoms. The molecule has 2 amide bonds. The smallest absolute Gasteiger partial charge is 0.317 e. The number of piperazine rings is 1. The van der Waals surface area contributed by atoms with Gasteiger partial charge in [-0.25, -0.2) is 13.2 Å². The van der Waals surface area contributed by atoms with Crippen LogP contribution >= 0.6 is 15.9 Å². The fourth-order valence-electron chi connectivity index (χ4n) is 2.30. The van der Waals surface area contributed by atoms with Gasteiger partial charge in [-0.3, -0.25) is 0 Å². The Morgan fingerprint density at radius 2 is 1.77 bits per heavy atom. The first kappa shape index (κ1) is 17.2. The third-order valence-corrected chi connectivity index (χ3v) is 5.43. The summed E-state index contributed by atoms with van der Waals surface area (Å²) in [6.45, 7) is 2.14. The minimum absolute atomic E-state index is 0.134. The minimum atomic E-state index is -3.16. The number of rotatable bonds is 4. The van der Waals surface area contributed by atoms with E-state index in [0.717, 1.165) is 16.5 Å². The van der Waals surface area contributed by atoms with Gasteiger partial charge in [0, 0.05) is 37.2 Å². The summed E-state index contributed by atoms with van der Waals surface area (Å²) < 4.78 is 25.3. The summed E-state index contributed by atoms with van der Waals surface area (Å²) in [5.41, 5.74) is 1.16. The van der Waals surface area contributed by atoms with Crippen LogP contribution in [0.5, 0.6) is 0 Å². The molecule has 1 aliphatic heterocycles. The molecule has 2 rings (SSSR count). The van der Waals surface area contributed by atoms with Crippen molar-refractivity contribution in [3.8, 4) is 0 Å². The second-order valence-electron chi connectivity index (χ2n) is 5.26. The van der Waals surface area contributed by atoms with E-state index in [9.17, 15) is 13.2 Å². The summed E-state index contributed by atoms with van der Waals surface area (Å²) in [5.74, 6) is 0. The van der Waals surface area contributed by atoms with Gasteiger partial charge in [-0.15, -0.1) is 0 Å². The van der Waals surface area contributed by atoms with Crippen molar-refractivity contribution >= 4 is 32.0 Å². The van der Waals surface area contributed by atoms with Crippen molar-refractivity contribution in [3.05, 3.63) is 34.3 Å². The fourth-order valence-corrected chi connectivity index (χ4v) is 3.39. The van der Waals surface area contributed by atoms with E-state index in [1.54, 1.807) is 4.90 Å². The summed E-state index contributed by atoms with van der Waals surface area (Å²) in [4.78, 5) is 13.7. The standard InChI is InChI=1S/C14H20BrN3O3S/c1-22(20,21)18-10-8-17(9-11-18)14(19)16-7-6-12-2-4-13(15)5-3-12/h2-5H,6-11H2,1H3,(H,16,19). The summed E-state index contributed by atoms with van der Waals surface area (Å²) in [5, 5.41) is 2.88. The van der Waals surface area contributed by atoms with Crippen molar-refractivity contribution in [3.63, 3.8) is 0 Å². The third kappa shape index (κ3) is 4.96. The zero-order chi connectivity index (χ0) is 16.2. The molecule has 0 aromatic heterocycles. The van der Waals surface area contributed by atoms with Gasteiger partial charge in [0.2, 0.25) is 10.0 Å². The maximum atomic E-state index is 12.0. The summed E-state index contributed by atoms with van der Waals surface area (Å²) in [7, 11) is -3.16. The fraction of sp³-hybridized carbons (Fsp3) is 0.500. The van der Waals surface area contributed by atoms with E-state index >= 15 is 0 Å². The average Bonchev–Trinajstić information content (AvgIpc) is 2.48. The van der Waals surface area contributed by atoms with Crippen molar-refractivity contribution in [2.24, 2.45) is 0 Å². The summed E-state index contributed by atoms with van der Waals surface area (Å²) in [6, 6.07) is 7.84. The average molecular weight is 390 g/mol. The van der Waals surface area contributed by atoms with Gasteiger partial charge in [-0.1, -0.05) is 28.1 Å². The van der Waals surface area contributed by atoms with E-state index in [0.29, 0.717) is 32.7 Å². The van der Waals surface area contributed by atoms with E-state index in [1.807, 2.05) is 24.3 Å². The number of hydrogen-bond acceptors (Lipinski definition) is 3. The first-order valence-electron chi connectivity index (χ1n) is 7.08. The molecule has 122 valence electrons. The molecule has 1 aromatic carbocycles. The molecule has 1 aliphatic rings. The number of nitrogens with zero attached hydrogens (tertiary/aromatic N) is 2. The molecule has 6 nitrogen and oxygen atoms in total. The van der Waals surface area contributed by atoms with Gasteiger partial charge in [0.1, 0.15) is 0 Å². The van der Waals surface area contributed by atoms with Gasteiger partial charge in [-0.05, 0) is 24.1 Å². The van der Waals surface area contributed by atoms with Crippen LogP contribution in [0.2, 0.25) is 0 Å². The van der Waals surface area contributed by atoms with Crippen LogP contribution in [0.15, 0.2) is 28.7 Å². The molecule has 0 bridgehead atoms. The highest BCUT2D eigenvalue weighted by molar-refractivity contribution is 9.10. The lowest BCUT2D eigenvalue weighted by Crippen LogP contribution is -2.53. The molecule has 0 atom stereocenters. The van der Waals surface area contributed by atoms with Crippen LogP contribution in [-0.2, 0) is 16.4 Å². The van der Waals surface area contributed by atoms with Gasteiger partial charge in [0.05, 0.1) is 6.26 Å². The van der Waals surface area contributed by atoms with E-state index in [1.165, 1.54) is 10.6 Å². The maximum absolute atomic E-state index is 12.0. The number of nitrogens with one attached hydrogen (secondary N) is 1. The molecule has 0 unspecified atom stereocenters. The molecule has 0 saturated carbocycles. The molecule has 1 heterocycles. The predicted octanol–water partition coefficient (Wildman–Crippen LogP) is 1.28. The molecular formula is C14H20BrN3O3S. The van der Waals surface area contributed by atoms with E-state index < -0.39 is 10.0 Å². The van der Waals surface area contributed by atoms with Gasteiger partial charge < -0.3 is 10.2 Å². The Kier molecular flexibility index (Phi) is 5.82. The number of carbonyl (C=O) groups is 1. The van der Waals surface area contributed by atoms with Gasteiger partial charge in [-0.2, -0.15) is 4.31 Å². The lowest BCUT2D eigenvalue weighted by Gasteiger charge is -2.33. The quantitative estimate of drug-likeness (QED) is 0.842. The normalized spacial score (nSPS) is 16.5. The highest BCUT2D eigenvalue weighted by Gasteiger charge is 2.25. The van der Waals surface area contributed by atoms with E-state index in [4.69, 9.17) is 0 Å². The molecule has 1 saturated heterocycles. The number of urea groups is 1. The number of amides is 2. The molecule has 1 aromatic rings. The van der Waals surface area contributed by atoms with Crippen molar-refractivity contribution in [2.75, 3.05) is 39.0 Å². The van der Waals surface area contributed by atoms with Crippen molar-refractivity contribution in [1.82, 2.24) is 14.5 Å². The summed E-state index contributed by atoms with van der Waals surface area (Å²) in [6.07, 6.45) is 1.96. The molecular weight excluding hydrogens is 370 g/mol. The van der Waals surface area contributed by atoms with Crippen LogP contribution < -0.4 is 5.32 Å². The van der Waals surface area contributed by atoms with Crippen molar-refractivity contribution in [1.29, 1.82) is 0 Å². The van der Waals surface area contributed by atoms with E-state index in [-0.39, 0.29) is 6.03 Å². The van der Waals surface area contributed by atoms with Crippen LogP contribution in [-0.4, -0.2) is 62.6 Å². The Morgan fingerprint density at radius 1 is 1.18 bits per heavy atom. The first-order chi connectivity index (χ1) is 10.4. The molecule has 1 fully saturated rings. The Hall–Kier alpha value is -1.12. The van der Waals surface area contributed by atoms with Crippen molar-refractivity contribution in [2.45, 2.75) is 6.42 Å². The number of carbonyl (C=O) groups excluding carboxylic acids is 1. The number of sulfonamides is 1. The van der Waals surface area contributed by atoms with Gasteiger partial charge in [0.15, 0.2) is 0 Å². The molecule has 22 heavy (non-hydrogen) atoms. The van der Waals surface area contributed by atoms with Crippen molar-refractivity contribution < 1.29 is 13.2 Å². The van der Waals surface area contributed by atoms with Crippen LogP contribution in [0.1, 0.15) is 5.56 Å². The Balaban J connectivity index is 1.73. The molecule has 1 N–H and O–H groups in total. The molecule has 0 radical (unpaired) electrons. The number of halogens is 1. The predicted molar refractivity (Wildman–Crippen MR) is 89.2 cm³/mol. The summed E-state index contributed by atoms with van der Waals surface area (Å²) >= 11 is 3.38. The van der Waals surface area contributed by atoms with Gasteiger partial charge in [0.25, 0.3) is 0 Å². The van der Waals surface area contributed by atoms with Crippen LogP contribution in [0.4, 0.5) is 4.79 Å². The second-order valence-corrected chi connectivity index (χ2v) is 8.16. The second kappa shape index (κ2) is 7.43. The molecule has 8 heteroatoms. The molecule has 0 aliphatic carbocycles.